The van der Waals surface area contributed by atoms with Crippen molar-refractivity contribution in [1.82, 2.24) is 0 Å². The van der Waals surface area contributed by atoms with Crippen molar-refractivity contribution in [1.29, 1.82) is 0 Å². The van der Waals surface area contributed by atoms with Crippen LogP contribution in [-0.2, 0) is 20.8 Å². The molecule has 150 valence electrons. The van der Waals surface area contributed by atoms with Crippen LogP contribution in [0.2, 0.25) is 5.02 Å². The molecule has 1 aliphatic rings. The smallest absolute Gasteiger partial charge is 0.303 e. The Bertz CT molecular complexity index is 873. The normalized spacial score (nSPS) is 19.6. The number of carboxylic acids is 1. The maximum Gasteiger partial charge on any atom is 0.303 e. The molecule has 0 aliphatic heterocycles. The quantitative estimate of drug-likeness (QED) is 0.396. The number of carbonyl (C=O) groups excluding carboxylic acids is 2. The van der Waals surface area contributed by atoms with Gasteiger partial charge in [0, 0.05) is 33.7 Å². The zero-order valence-electron chi connectivity index (χ0n) is 15.8. The number of thiophene rings is 1. The fraction of sp³-hybridized carbons (Fsp3) is 0.500. The number of aryl methyl sites for hydroxylation is 1. The van der Waals surface area contributed by atoms with Crippen molar-refractivity contribution >= 4 is 50.6 Å². The highest BCUT2D eigenvalue weighted by molar-refractivity contribution is 7.17. The highest BCUT2D eigenvalue weighted by atomic mass is 35.5. The summed E-state index contributed by atoms with van der Waals surface area (Å²) in [6.45, 7) is 0. The van der Waals surface area contributed by atoms with Gasteiger partial charge in [-0.25, -0.2) is 0 Å². The number of carboxylic acid groups (broad SMARTS) is 1. The molecular formula is C22H25ClO4S. The second kappa shape index (κ2) is 9.66. The second-order valence-electron chi connectivity index (χ2n) is 7.58. The van der Waals surface area contributed by atoms with E-state index in [1.54, 1.807) is 11.3 Å². The topological polar surface area (TPSA) is 71.4 Å². The fourth-order valence-corrected chi connectivity index (χ4v) is 5.52. The van der Waals surface area contributed by atoms with E-state index in [0.29, 0.717) is 12.8 Å². The lowest BCUT2D eigenvalue weighted by Crippen LogP contribution is -2.18. The van der Waals surface area contributed by atoms with Gasteiger partial charge in [0.15, 0.2) is 0 Å². The summed E-state index contributed by atoms with van der Waals surface area (Å²) in [7, 11) is 0. The summed E-state index contributed by atoms with van der Waals surface area (Å²) >= 11 is 7.95. The zero-order valence-corrected chi connectivity index (χ0v) is 17.4. The average molecular weight is 421 g/mol. The van der Waals surface area contributed by atoms with E-state index in [9.17, 15) is 14.4 Å². The van der Waals surface area contributed by atoms with E-state index in [-0.39, 0.29) is 36.2 Å². The summed E-state index contributed by atoms with van der Waals surface area (Å²) in [4.78, 5) is 35.3. The lowest BCUT2D eigenvalue weighted by atomic mass is 9.85. The molecule has 6 heteroatoms. The van der Waals surface area contributed by atoms with Crippen LogP contribution in [0, 0.1) is 11.8 Å². The first kappa shape index (κ1) is 21.0. The van der Waals surface area contributed by atoms with E-state index in [2.05, 4.69) is 6.07 Å². The van der Waals surface area contributed by atoms with Gasteiger partial charge in [-0.15, -0.1) is 11.3 Å². The third kappa shape index (κ3) is 5.00. The van der Waals surface area contributed by atoms with Crippen LogP contribution in [0.1, 0.15) is 56.9 Å². The van der Waals surface area contributed by atoms with Gasteiger partial charge in [0.25, 0.3) is 0 Å². The number of carbonyl (C=O) groups is 3. The Morgan fingerprint density at radius 3 is 2.54 bits per heavy atom. The number of fused-ring (bicyclic) bond motifs is 1. The summed E-state index contributed by atoms with van der Waals surface area (Å²) in [5.74, 6) is -0.988. The predicted molar refractivity (Wildman–Crippen MR) is 112 cm³/mol. The van der Waals surface area contributed by atoms with E-state index < -0.39 is 5.97 Å². The lowest BCUT2D eigenvalue weighted by molar-refractivity contribution is -0.137. The molecule has 1 aromatic heterocycles. The van der Waals surface area contributed by atoms with Crippen molar-refractivity contribution in [3.8, 4) is 0 Å². The fourth-order valence-electron chi connectivity index (χ4n) is 4.24. The Morgan fingerprint density at radius 1 is 1.07 bits per heavy atom. The number of unbranched alkanes of at least 4 members (excludes halogenated alkanes) is 3. The summed E-state index contributed by atoms with van der Waals surface area (Å²) in [6.07, 6.45) is 5.70. The molecular weight excluding hydrogens is 396 g/mol. The summed E-state index contributed by atoms with van der Waals surface area (Å²) in [6, 6.07) is 6.12. The Labute approximate surface area is 173 Å². The number of rotatable bonds is 10. The first-order valence-electron chi connectivity index (χ1n) is 9.89. The zero-order chi connectivity index (χ0) is 20.1. The van der Waals surface area contributed by atoms with Gasteiger partial charge >= 0.3 is 5.97 Å². The van der Waals surface area contributed by atoms with Crippen LogP contribution in [0.15, 0.2) is 23.6 Å². The summed E-state index contributed by atoms with van der Waals surface area (Å²) in [5.41, 5.74) is 1.14. The van der Waals surface area contributed by atoms with E-state index in [4.69, 9.17) is 16.7 Å². The Kier molecular flexibility index (Phi) is 7.24. The molecule has 1 N–H and O–H groups in total. The van der Waals surface area contributed by atoms with Crippen molar-refractivity contribution in [2.24, 2.45) is 11.8 Å². The summed E-state index contributed by atoms with van der Waals surface area (Å²) in [5, 5.41) is 12.4. The van der Waals surface area contributed by atoms with E-state index in [0.717, 1.165) is 52.8 Å². The molecule has 2 atom stereocenters. The third-order valence-corrected chi connectivity index (χ3v) is 7.06. The Hall–Kier alpha value is -1.72. The highest BCUT2D eigenvalue weighted by Crippen LogP contribution is 2.37. The number of halogens is 1. The maximum absolute atomic E-state index is 12.4. The Morgan fingerprint density at radius 2 is 1.79 bits per heavy atom. The molecule has 1 aliphatic carbocycles. The van der Waals surface area contributed by atoms with Gasteiger partial charge in [0.1, 0.15) is 11.6 Å². The largest absolute Gasteiger partial charge is 0.481 e. The van der Waals surface area contributed by atoms with Crippen LogP contribution in [0.4, 0.5) is 0 Å². The molecule has 0 amide bonds. The first-order chi connectivity index (χ1) is 13.5. The molecule has 0 saturated heterocycles. The van der Waals surface area contributed by atoms with Crippen LogP contribution >= 0.6 is 22.9 Å². The monoisotopic (exact) mass is 420 g/mol. The molecule has 1 saturated carbocycles. The number of Topliss-reactive ketones (excluding diaryl/α,β-unsaturated/α-hetero) is 2. The van der Waals surface area contributed by atoms with Crippen LogP contribution in [0.25, 0.3) is 10.1 Å². The van der Waals surface area contributed by atoms with Gasteiger partial charge < -0.3 is 5.11 Å². The molecule has 1 fully saturated rings. The Balaban J connectivity index is 1.56. The van der Waals surface area contributed by atoms with Gasteiger partial charge in [0.05, 0.1) is 11.4 Å². The van der Waals surface area contributed by atoms with Gasteiger partial charge in [-0.2, -0.15) is 0 Å². The van der Waals surface area contributed by atoms with E-state index in [1.165, 1.54) is 0 Å². The van der Waals surface area contributed by atoms with Crippen molar-refractivity contribution in [3.63, 3.8) is 0 Å². The molecule has 4 nitrogen and oxygen atoms in total. The first-order valence-corrected chi connectivity index (χ1v) is 11.1. The molecule has 0 bridgehead atoms. The van der Waals surface area contributed by atoms with Crippen molar-refractivity contribution in [2.75, 3.05) is 0 Å². The van der Waals surface area contributed by atoms with Gasteiger partial charge in [0.2, 0.25) is 0 Å². The minimum atomic E-state index is -0.766. The molecule has 0 unspecified atom stereocenters. The average Bonchev–Trinajstić information content (AvgIpc) is 3.16. The van der Waals surface area contributed by atoms with Crippen LogP contribution in [-0.4, -0.2) is 22.6 Å². The van der Waals surface area contributed by atoms with Crippen molar-refractivity contribution in [3.05, 3.63) is 34.2 Å². The molecule has 3 rings (SSSR count). The van der Waals surface area contributed by atoms with Crippen LogP contribution in [0.3, 0.4) is 0 Å². The molecule has 2 aromatic rings. The molecule has 0 radical (unpaired) electrons. The van der Waals surface area contributed by atoms with Crippen LogP contribution < -0.4 is 0 Å². The molecule has 28 heavy (non-hydrogen) atoms. The third-order valence-electron chi connectivity index (χ3n) is 5.68. The number of aliphatic carboxylic acids is 1. The van der Waals surface area contributed by atoms with Gasteiger partial charge in [-0.1, -0.05) is 43.0 Å². The minimum Gasteiger partial charge on any atom is -0.481 e. The number of benzene rings is 1. The van der Waals surface area contributed by atoms with Crippen molar-refractivity contribution < 1.29 is 19.5 Å². The standard InChI is InChI=1S/C22H25ClO4S/c23-17-13-28-20-8-5-6-14(22(17)20)10-11-16-15(18(24)12-19(16)25)7-3-1-2-4-9-21(26)27/h5-6,8,13,15-16H,1-4,7,9-12H2,(H,26,27)/t15-,16-/m1/s1. The van der Waals surface area contributed by atoms with Gasteiger partial charge in [-0.3, -0.25) is 14.4 Å². The van der Waals surface area contributed by atoms with E-state index in [1.807, 2.05) is 17.5 Å². The number of ketones is 2. The number of hydrogen-bond acceptors (Lipinski definition) is 4. The van der Waals surface area contributed by atoms with Gasteiger partial charge in [-0.05, 0) is 37.3 Å². The second-order valence-corrected chi connectivity index (χ2v) is 8.90. The van der Waals surface area contributed by atoms with Crippen LogP contribution in [0.5, 0.6) is 0 Å². The summed E-state index contributed by atoms with van der Waals surface area (Å²) < 4.78 is 1.15. The van der Waals surface area contributed by atoms with E-state index >= 15 is 0 Å². The molecule has 1 heterocycles. The van der Waals surface area contributed by atoms with Crippen molar-refractivity contribution in [2.45, 2.75) is 57.8 Å². The predicted octanol–water partition coefficient (Wildman–Crippen LogP) is 5.69. The highest BCUT2D eigenvalue weighted by Gasteiger charge is 2.40. The number of hydrogen-bond donors (Lipinski definition) is 1. The maximum atomic E-state index is 12.4. The lowest BCUT2D eigenvalue weighted by Gasteiger charge is -2.17. The minimum absolute atomic E-state index is 0.0672. The SMILES string of the molecule is O=C(O)CCCCCC[C@H]1C(=O)CC(=O)[C@@H]1CCc1cccc2scc(Cl)c12. The molecule has 1 aromatic carbocycles. The molecule has 0 spiro atoms.